The van der Waals surface area contributed by atoms with Crippen LogP contribution in [0.2, 0.25) is 0 Å². The second-order valence-electron chi connectivity index (χ2n) is 7.39. The quantitative estimate of drug-likeness (QED) is 0.704. The number of para-hydroxylation sites is 1. The van der Waals surface area contributed by atoms with Gasteiger partial charge >= 0.3 is 6.09 Å². The maximum absolute atomic E-state index is 12.0. The van der Waals surface area contributed by atoms with Gasteiger partial charge in [0.25, 0.3) is 0 Å². The fourth-order valence-electron chi connectivity index (χ4n) is 3.10. The minimum Gasteiger partial charge on any atom is -0.465 e. The number of carboxylic acid groups (broad SMARTS) is 1. The molecular weight excluding hydrogens is 328 g/mol. The Morgan fingerprint density at radius 3 is 2.08 bits per heavy atom. The van der Waals surface area contributed by atoms with Crippen molar-refractivity contribution in [1.29, 1.82) is 0 Å². The van der Waals surface area contributed by atoms with Crippen molar-refractivity contribution >= 4 is 11.8 Å². The van der Waals surface area contributed by atoms with Crippen molar-refractivity contribution in [3.05, 3.63) is 66.2 Å². The van der Waals surface area contributed by atoms with Crippen LogP contribution < -0.4 is 5.32 Å². The summed E-state index contributed by atoms with van der Waals surface area (Å²) in [5.74, 6) is 0. The third kappa shape index (κ3) is 5.49. The number of rotatable bonds is 7. The predicted molar refractivity (Wildman–Crippen MR) is 104 cm³/mol. The van der Waals surface area contributed by atoms with Crippen molar-refractivity contribution in [2.45, 2.75) is 44.9 Å². The number of hydrogen-bond donors (Lipinski definition) is 3. The highest BCUT2D eigenvalue weighted by Crippen LogP contribution is 2.23. The Kier molecular flexibility index (Phi) is 6.64. The summed E-state index contributed by atoms with van der Waals surface area (Å²) in [6.07, 6.45) is -1.44. The van der Waals surface area contributed by atoms with E-state index in [4.69, 9.17) is 0 Å². The lowest BCUT2D eigenvalue weighted by molar-refractivity contribution is 0.0124. The topological polar surface area (TPSA) is 72.8 Å². The molecular formula is C21H28N2O3. The molecule has 5 heteroatoms. The van der Waals surface area contributed by atoms with Crippen molar-refractivity contribution in [2.24, 2.45) is 0 Å². The van der Waals surface area contributed by atoms with Crippen LogP contribution in [0.1, 0.15) is 26.3 Å². The molecule has 0 saturated heterocycles. The van der Waals surface area contributed by atoms with Crippen molar-refractivity contribution in [3.8, 4) is 0 Å². The maximum Gasteiger partial charge on any atom is 0.408 e. The van der Waals surface area contributed by atoms with E-state index >= 15 is 0 Å². The van der Waals surface area contributed by atoms with E-state index in [1.165, 1.54) is 4.90 Å². The first-order valence-electron chi connectivity index (χ1n) is 8.82. The molecule has 0 saturated carbocycles. The Hall–Kier alpha value is -2.53. The largest absolute Gasteiger partial charge is 0.465 e. The van der Waals surface area contributed by atoms with Gasteiger partial charge in [-0.2, -0.15) is 0 Å². The van der Waals surface area contributed by atoms with Crippen LogP contribution in [0.15, 0.2) is 60.7 Å². The average Bonchev–Trinajstić information content (AvgIpc) is 2.59. The predicted octanol–water partition coefficient (Wildman–Crippen LogP) is 3.85. The Bertz CT molecular complexity index is 683. The van der Waals surface area contributed by atoms with Crippen molar-refractivity contribution in [2.75, 3.05) is 11.9 Å². The molecule has 0 bridgehead atoms. The third-order valence-electron chi connectivity index (χ3n) is 4.28. The van der Waals surface area contributed by atoms with Gasteiger partial charge in [-0.15, -0.1) is 0 Å². The molecule has 0 unspecified atom stereocenters. The van der Waals surface area contributed by atoms with Crippen molar-refractivity contribution in [1.82, 2.24) is 4.90 Å². The van der Waals surface area contributed by atoms with E-state index in [0.29, 0.717) is 6.42 Å². The zero-order valence-electron chi connectivity index (χ0n) is 15.6. The molecule has 3 N–H and O–H groups in total. The van der Waals surface area contributed by atoms with Crippen LogP contribution in [0.5, 0.6) is 0 Å². The fraction of sp³-hybridized carbons (Fsp3) is 0.381. The minimum absolute atomic E-state index is 0.265. The average molecular weight is 356 g/mol. The molecule has 5 nitrogen and oxygen atoms in total. The molecule has 2 atom stereocenters. The molecule has 2 aromatic rings. The first-order valence-corrected chi connectivity index (χ1v) is 8.82. The molecule has 0 spiro atoms. The molecule has 0 heterocycles. The van der Waals surface area contributed by atoms with E-state index in [2.05, 4.69) is 5.32 Å². The standard InChI is InChI=1S/C21H28N2O3/c1-21(2,3)23(20(25)26)18(14-16-10-6-4-7-11-16)19(24)15-22-17-12-8-5-9-13-17/h4-13,18-19,22,24H,14-15H2,1-3H3,(H,25,26)/t18-,19+/m0/s1. The number of carbonyl (C=O) groups is 1. The van der Waals surface area contributed by atoms with E-state index in [1.54, 1.807) is 0 Å². The lowest BCUT2D eigenvalue weighted by Gasteiger charge is -2.42. The Labute approximate surface area is 155 Å². The minimum atomic E-state index is -1.03. The van der Waals surface area contributed by atoms with Gasteiger partial charge in [0.05, 0.1) is 12.1 Å². The summed E-state index contributed by atoms with van der Waals surface area (Å²) in [6, 6.07) is 18.7. The summed E-state index contributed by atoms with van der Waals surface area (Å²) in [7, 11) is 0. The Morgan fingerprint density at radius 1 is 1.04 bits per heavy atom. The smallest absolute Gasteiger partial charge is 0.408 e. The van der Waals surface area contributed by atoms with E-state index in [1.807, 2.05) is 81.4 Å². The molecule has 2 aromatic carbocycles. The molecule has 2 rings (SSSR count). The van der Waals surface area contributed by atoms with Gasteiger partial charge in [0, 0.05) is 17.8 Å². The Balaban J connectivity index is 2.21. The van der Waals surface area contributed by atoms with E-state index < -0.39 is 23.8 Å². The van der Waals surface area contributed by atoms with Crippen LogP contribution in [0.3, 0.4) is 0 Å². The summed E-state index contributed by atoms with van der Waals surface area (Å²) in [4.78, 5) is 13.3. The Morgan fingerprint density at radius 2 is 1.58 bits per heavy atom. The van der Waals surface area contributed by atoms with Crippen LogP contribution in [0, 0.1) is 0 Å². The SMILES string of the molecule is CC(C)(C)N(C(=O)O)[C@@H](Cc1ccccc1)[C@H](O)CNc1ccccc1. The number of nitrogens with zero attached hydrogens (tertiary/aromatic N) is 1. The van der Waals surface area contributed by atoms with Gasteiger partial charge in [0.15, 0.2) is 0 Å². The van der Waals surface area contributed by atoms with Gasteiger partial charge in [0.1, 0.15) is 0 Å². The number of benzene rings is 2. The molecule has 0 aromatic heterocycles. The molecule has 0 radical (unpaired) electrons. The number of nitrogens with one attached hydrogen (secondary N) is 1. The van der Waals surface area contributed by atoms with E-state index in [0.717, 1.165) is 11.3 Å². The second kappa shape index (κ2) is 8.72. The fourth-order valence-corrected chi connectivity index (χ4v) is 3.10. The molecule has 0 aliphatic rings. The second-order valence-corrected chi connectivity index (χ2v) is 7.39. The number of aliphatic hydroxyl groups excluding tert-OH is 1. The number of anilines is 1. The summed E-state index contributed by atoms with van der Waals surface area (Å²) in [5.41, 5.74) is 1.26. The monoisotopic (exact) mass is 356 g/mol. The zero-order chi connectivity index (χ0) is 19.2. The summed E-state index contributed by atoms with van der Waals surface area (Å²) in [5, 5.41) is 23.8. The third-order valence-corrected chi connectivity index (χ3v) is 4.28. The maximum atomic E-state index is 12.0. The number of amides is 1. The molecule has 0 fully saturated rings. The first-order chi connectivity index (χ1) is 12.3. The lowest BCUT2D eigenvalue weighted by Crippen LogP contribution is -2.57. The number of aliphatic hydroxyl groups is 1. The normalized spacial score (nSPS) is 13.7. The van der Waals surface area contributed by atoms with Gasteiger partial charge < -0.3 is 15.5 Å². The number of hydrogen-bond acceptors (Lipinski definition) is 3. The summed E-state index contributed by atoms with van der Waals surface area (Å²) < 4.78 is 0. The molecule has 26 heavy (non-hydrogen) atoms. The zero-order valence-corrected chi connectivity index (χ0v) is 15.6. The van der Waals surface area contributed by atoms with Gasteiger partial charge in [-0.25, -0.2) is 4.79 Å². The van der Waals surface area contributed by atoms with Gasteiger partial charge in [-0.05, 0) is 44.9 Å². The molecule has 0 aliphatic heterocycles. The highest BCUT2D eigenvalue weighted by Gasteiger charge is 2.37. The van der Waals surface area contributed by atoms with Crippen LogP contribution in [-0.2, 0) is 6.42 Å². The van der Waals surface area contributed by atoms with Crippen LogP contribution in [-0.4, -0.2) is 45.4 Å². The van der Waals surface area contributed by atoms with Crippen molar-refractivity contribution in [3.63, 3.8) is 0 Å². The van der Waals surface area contributed by atoms with Gasteiger partial charge in [0.2, 0.25) is 0 Å². The highest BCUT2D eigenvalue weighted by molar-refractivity contribution is 5.66. The van der Waals surface area contributed by atoms with E-state index in [9.17, 15) is 15.0 Å². The van der Waals surface area contributed by atoms with Gasteiger partial charge in [-0.3, -0.25) is 4.90 Å². The molecule has 1 amide bonds. The molecule has 0 aliphatic carbocycles. The summed E-state index contributed by atoms with van der Waals surface area (Å²) in [6.45, 7) is 5.80. The first kappa shape index (κ1) is 19.8. The van der Waals surface area contributed by atoms with Crippen LogP contribution in [0.4, 0.5) is 10.5 Å². The van der Waals surface area contributed by atoms with Crippen LogP contribution >= 0.6 is 0 Å². The van der Waals surface area contributed by atoms with Crippen LogP contribution in [0.25, 0.3) is 0 Å². The highest BCUT2D eigenvalue weighted by atomic mass is 16.4. The van der Waals surface area contributed by atoms with E-state index in [-0.39, 0.29) is 6.54 Å². The van der Waals surface area contributed by atoms with Crippen molar-refractivity contribution < 1.29 is 15.0 Å². The molecule has 140 valence electrons. The lowest BCUT2D eigenvalue weighted by atomic mass is 9.94. The van der Waals surface area contributed by atoms with Gasteiger partial charge in [-0.1, -0.05) is 48.5 Å². The summed E-state index contributed by atoms with van der Waals surface area (Å²) >= 11 is 0.